The third-order valence-corrected chi connectivity index (χ3v) is 3.11. The second-order valence-corrected chi connectivity index (χ2v) is 9.90. The van der Waals surface area contributed by atoms with E-state index in [1.54, 1.807) is 0 Å². The molecule has 0 fully saturated rings. The van der Waals surface area contributed by atoms with Crippen LogP contribution >= 0.6 is 0 Å². The van der Waals surface area contributed by atoms with Crippen molar-refractivity contribution in [3.05, 3.63) is 35.9 Å². The summed E-state index contributed by atoms with van der Waals surface area (Å²) in [6.45, 7) is 6.72. The monoisotopic (exact) mass is 231 g/mol. The zero-order valence-corrected chi connectivity index (χ0v) is 11.5. The first-order valence-corrected chi connectivity index (χ1v) is 9.29. The van der Waals surface area contributed by atoms with Gasteiger partial charge in [0.15, 0.2) is 0 Å². The maximum atomic E-state index is 5.98. The molecule has 0 spiro atoms. The minimum atomic E-state index is -1.27. The molecule has 86 valence electrons. The van der Waals surface area contributed by atoms with E-state index in [1.165, 1.54) is 5.56 Å². The van der Waals surface area contributed by atoms with Crippen molar-refractivity contribution < 1.29 is 0 Å². The Bertz CT molecular complexity index is 367. The highest BCUT2D eigenvalue weighted by atomic mass is 28.3. The van der Waals surface area contributed by atoms with E-state index in [0.29, 0.717) is 0 Å². The third kappa shape index (κ3) is 5.74. The van der Waals surface area contributed by atoms with Crippen LogP contribution in [0.25, 0.3) is 0 Å². The Kier molecular flexibility index (Phi) is 4.79. The fourth-order valence-corrected chi connectivity index (χ4v) is 1.97. The van der Waals surface area contributed by atoms with E-state index in [9.17, 15) is 0 Å². The smallest absolute Gasteiger partial charge is 0.129 e. The molecule has 0 saturated carbocycles. The first-order chi connectivity index (χ1) is 7.47. The van der Waals surface area contributed by atoms with Crippen LogP contribution in [0.4, 0.5) is 0 Å². The maximum Gasteiger partial charge on any atom is 0.129 e. The molecule has 0 aliphatic rings. The summed E-state index contributed by atoms with van der Waals surface area (Å²) in [7, 11) is -1.27. The van der Waals surface area contributed by atoms with Crippen LogP contribution in [0.15, 0.2) is 30.3 Å². The Hall–Kier alpha value is -1.04. The second kappa shape index (κ2) is 5.88. The summed E-state index contributed by atoms with van der Waals surface area (Å²) < 4.78 is 0. The van der Waals surface area contributed by atoms with Crippen LogP contribution in [0.5, 0.6) is 0 Å². The number of aryl methyl sites for hydroxylation is 1. The van der Waals surface area contributed by atoms with E-state index in [2.05, 4.69) is 55.4 Å². The van der Waals surface area contributed by atoms with Gasteiger partial charge in [-0.1, -0.05) is 55.9 Å². The van der Waals surface area contributed by atoms with E-state index in [4.69, 9.17) is 5.73 Å². The fraction of sp³-hybridized carbons (Fsp3) is 0.429. The van der Waals surface area contributed by atoms with E-state index in [1.807, 2.05) is 6.07 Å². The van der Waals surface area contributed by atoms with E-state index in [-0.39, 0.29) is 6.04 Å². The SMILES string of the molecule is C[Si](C)(C)C#C[C@@H](N)CCc1ccccc1. The molecule has 0 amide bonds. The zero-order chi connectivity index (χ0) is 12.0. The number of hydrogen-bond acceptors (Lipinski definition) is 1. The predicted molar refractivity (Wildman–Crippen MR) is 73.9 cm³/mol. The summed E-state index contributed by atoms with van der Waals surface area (Å²) in [4.78, 5) is 0. The topological polar surface area (TPSA) is 26.0 Å². The molecule has 0 radical (unpaired) electrons. The van der Waals surface area contributed by atoms with Gasteiger partial charge in [0.1, 0.15) is 8.07 Å². The number of hydrogen-bond donors (Lipinski definition) is 1. The molecule has 1 nitrogen and oxygen atoms in total. The van der Waals surface area contributed by atoms with Crippen molar-refractivity contribution in [3.8, 4) is 11.5 Å². The van der Waals surface area contributed by atoms with Gasteiger partial charge in [0, 0.05) is 0 Å². The lowest BCUT2D eigenvalue weighted by Gasteiger charge is -2.07. The van der Waals surface area contributed by atoms with Gasteiger partial charge in [-0.2, -0.15) is 0 Å². The van der Waals surface area contributed by atoms with Crippen LogP contribution < -0.4 is 5.73 Å². The first kappa shape index (κ1) is 13.0. The molecule has 0 aliphatic heterocycles. The van der Waals surface area contributed by atoms with Crippen LogP contribution in [-0.4, -0.2) is 14.1 Å². The number of benzene rings is 1. The predicted octanol–water partition coefficient (Wildman–Crippen LogP) is 2.83. The first-order valence-electron chi connectivity index (χ1n) is 5.79. The summed E-state index contributed by atoms with van der Waals surface area (Å²) in [6.07, 6.45) is 1.96. The van der Waals surface area contributed by atoms with Gasteiger partial charge in [-0.05, 0) is 18.4 Å². The van der Waals surface area contributed by atoms with Gasteiger partial charge in [0.05, 0.1) is 6.04 Å². The molecule has 0 heterocycles. The quantitative estimate of drug-likeness (QED) is 0.628. The Morgan fingerprint density at radius 2 is 1.81 bits per heavy atom. The molecule has 1 atom stereocenters. The van der Waals surface area contributed by atoms with Crippen molar-refractivity contribution in [1.29, 1.82) is 0 Å². The molecule has 2 heteroatoms. The molecule has 16 heavy (non-hydrogen) atoms. The van der Waals surface area contributed by atoms with Gasteiger partial charge in [-0.25, -0.2) is 0 Å². The van der Waals surface area contributed by atoms with Crippen LogP contribution in [0.1, 0.15) is 12.0 Å². The van der Waals surface area contributed by atoms with Gasteiger partial charge >= 0.3 is 0 Å². The Labute approximate surface area is 100 Å². The van der Waals surface area contributed by atoms with Gasteiger partial charge in [0.2, 0.25) is 0 Å². The molecule has 2 N–H and O–H groups in total. The van der Waals surface area contributed by atoms with Gasteiger partial charge < -0.3 is 5.73 Å². The molecule has 0 saturated heterocycles. The van der Waals surface area contributed by atoms with Crippen molar-refractivity contribution in [1.82, 2.24) is 0 Å². The largest absolute Gasteiger partial charge is 0.318 e. The van der Waals surface area contributed by atoms with Crippen molar-refractivity contribution in [2.75, 3.05) is 0 Å². The summed E-state index contributed by atoms with van der Waals surface area (Å²) in [5.41, 5.74) is 10.6. The molecular weight excluding hydrogens is 210 g/mol. The third-order valence-electron chi connectivity index (χ3n) is 2.22. The lowest BCUT2D eigenvalue weighted by atomic mass is 10.1. The highest BCUT2D eigenvalue weighted by Gasteiger charge is 2.08. The minimum absolute atomic E-state index is 0.0203. The van der Waals surface area contributed by atoms with Crippen LogP contribution in [-0.2, 0) is 6.42 Å². The normalized spacial score (nSPS) is 12.8. The molecule has 1 aromatic carbocycles. The highest BCUT2D eigenvalue weighted by molar-refractivity contribution is 6.83. The van der Waals surface area contributed by atoms with Gasteiger partial charge in [-0.3, -0.25) is 0 Å². The molecule has 1 rings (SSSR count). The Morgan fingerprint density at radius 1 is 1.19 bits per heavy atom. The summed E-state index contributed by atoms with van der Waals surface area (Å²) in [5, 5.41) is 0. The standard InChI is InChI=1S/C14H21NSi/c1-16(2,3)12-11-14(15)10-9-13-7-5-4-6-8-13/h4-8,14H,9-10,15H2,1-3H3/t14-/m0/s1. The van der Waals surface area contributed by atoms with Gasteiger partial charge in [-0.15, -0.1) is 5.54 Å². The van der Waals surface area contributed by atoms with Gasteiger partial charge in [0.25, 0.3) is 0 Å². The summed E-state index contributed by atoms with van der Waals surface area (Å²) in [5.74, 6) is 3.18. The lowest BCUT2D eigenvalue weighted by molar-refractivity contribution is 0.739. The summed E-state index contributed by atoms with van der Waals surface area (Å²) in [6, 6.07) is 10.5. The van der Waals surface area contributed by atoms with E-state index < -0.39 is 8.07 Å². The lowest BCUT2D eigenvalue weighted by Crippen LogP contribution is -2.22. The second-order valence-electron chi connectivity index (χ2n) is 5.15. The van der Waals surface area contributed by atoms with Crippen molar-refractivity contribution in [3.63, 3.8) is 0 Å². The minimum Gasteiger partial charge on any atom is -0.318 e. The highest BCUT2D eigenvalue weighted by Crippen LogP contribution is 2.04. The zero-order valence-electron chi connectivity index (χ0n) is 10.5. The number of rotatable bonds is 3. The molecule has 1 aromatic rings. The van der Waals surface area contributed by atoms with Crippen LogP contribution in [0.3, 0.4) is 0 Å². The Balaban J connectivity index is 2.41. The molecule has 0 aliphatic carbocycles. The van der Waals surface area contributed by atoms with Crippen molar-refractivity contribution in [2.24, 2.45) is 5.73 Å². The van der Waals surface area contributed by atoms with E-state index >= 15 is 0 Å². The average molecular weight is 231 g/mol. The molecule has 0 aromatic heterocycles. The van der Waals surface area contributed by atoms with E-state index in [0.717, 1.165) is 12.8 Å². The molecule has 0 bridgehead atoms. The molecule has 0 unspecified atom stereocenters. The Morgan fingerprint density at radius 3 is 2.38 bits per heavy atom. The summed E-state index contributed by atoms with van der Waals surface area (Å²) >= 11 is 0. The van der Waals surface area contributed by atoms with Crippen LogP contribution in [0, 0.1) is 11.5 Å². The average Bonchev–Trinajstić information content (AvgIpc) is 2.24. The maximum absolute atomic E-state index is 5.98. The number of nitrogens with two attached hydrogens (primary N) is 1. The van der Waals surface area contributed by atoms with Crippen molar-refractivity contribution in [2.45, 2.75) is 38.5 Å². The van der Waals surface area contributed by atoms with Crippen molar-refractivity contribution >= 4 is 8.07 Å². The molecular formula is C14H21NSi. The van der Waals surface area contributed by atoms with Crippen LogP contribution in [0.2, 0.25) is 19.6 Å². The fourth-order valence-electron chi connectivity index (χ4n) is 1.35.